The smallest absolute Gasteiger partial charge is 0.121 e. The van der Waals surface area contributed by atoms with Crippen molar-refractivity contribution >= 4 is 11.0 Å². The van der Waals surface area contributed by atoms with Gasteiger partial charge < -0.3 is 0 Å². The molecule has 0 aromatic carbocycles. The van der Waals surface area contributed by atoms with Crippen LogP contribution in [0.25, 0.3) is 0 Å². The molecule has 0 spiro atoms. The van der Waals surface area contributed by atoms with E-state index < -0.39 is 11.0 Å². The lowest BCUT2D eigenvalue weighted by molar-refractivity contribution is 0.460. The highest BCUT2D eigenvalue weighted by molar-refractivity contribution is 7.87. The van der Waals surface area contributed by atoms with E-state index in [2.05, 4.69) is 46.3 Å². The first kappa shape index (κ1) is 11.9. The Labute approximate surface area is 89.8 Å². The summed E-state index contributed by atoms with van der Waals surface area (Å²) in [5, 5.41) is 0. The number of hydrogen-bond donors (Lipinski definition) is 1. The molecule has 1 rings (SSSR count). The predicted molar refractivity (Wildman–Crippen MR) is 62.1 cm³/mol. The van der Waals surface area contributed by atoms with Crippen LogP contribution < -0.4 is 4.72 Å². The zero-order chi connectivity index (χ0) is 11.1. The van der Waals surface area contributed by atoms with Crippen LogP contribution in [-0.4, -0.2) is 10.8 Å². The van der Waals surface area contributed by atoms with Gasteiger partial charge >= 0.3 is 0 Å². The molecule has 3 heteroatoms. The van der Waals surface area contributed by atoms with Crippen molar-refractivity contribution in [2.45, 2.75) is 41.5 Å². The Morgan fingerprint density at radius 2 is 1.57 bits per heavy atom. The molecule has 0 aliphatic carbocycles. The number of allylic oxidation sites excluding steroid dienone is 1. The lowest BCUT2D eigenvalue weighted by Crippen LogP contribution is -2.18. The molecule has 0 aromatic rings. The van der Waals surface area contributed by atoms with Crippen molar-refractivity contribution in [3.05, 3.63) is 10.5 Å². The molecule has 14 heavy (non-hydrogen) atoms. The van der Waals surface area contributed by atoms with Crippen LogP contribution in [-0.2, 0) is 11.0 Å². The zero-order valence-electron chi connectivity index (χ0n) is 10.0. The van der Waals surface area contributed by atoms with Gasteiger partial charge in [0.15, 0.2) is 0 Å². The third kappa shape index (κ3) is 2.26. The van der Waals surface area contributed by atoms with Gasteiger partial charge in [-0.05, 0) is 16.4 Å². The lowest BCUT2D eigenvalue weighted by atomic mass is 9.81. The fourth-order valence-corrected chi connectivity index (χ4v) is 3.32. The Balaban J connectivity index is 3.23. The summed E-state index contributed by atoms with van der Waals surface area (Å²) < 4.78 is 14.9. The third-order valence-electron chi connectivity index (χ3n) is 2.43. The second kappa shape index (κ2) is 3.46. The van der Waals surface area contributed by atoms with Gasteiger partial charge in [-0.2, -0.15) is 0 Å². The molecule has 1 heterocycles. The van der Waals surface area contributed by atoms with Crippen LogP contribution in [0.15, 0.2) is 10.5 Å². The van der Waals surface area contributed by atoms with Crippen LogP contribution in [0.5, 0.6) is 0 Å². The molecular weight excluding hydrogens is 194 g/mol. The van der Waals surface area contributed by atoms with E-state index in [4.69, 9.17) is 0 Å². The van der Waals surface area contributed by atoms with Gasteiger partial charge in [0, 0.05) is 11.4 Å². The van der Waals surface area contributed by atoms with Gasteiger partial charge in [0.2, 0.25) is 0 Å². The molecule has 1 atom stereocenters. The van der Waals surface area contributed by atoms with Gasteiger partial charge in [-0.25, -0.2) is 8.93 Å². The molecule has 0 saturated heterocycles. The normalized spacial score (nSPS) is 24.6. The van der Waals surface area contributed by atoms with Crippen molar-refractivity contribution in [1.29, 1.82) is 0 Å². The van der Waals surface area contributed by atoms with E-state index in [1.54, 1.807) is 0 Å². The van der Waals surface area contributed by atoms with Crippen molar-refractivity contribution in [1.82, 2.24) is 4.72 Å². The molecular formula is C11H21NOS. The summed E-state index contributed by atoms with van der Waals surface area (Å²) in [4.78, 5) is 1.09. The summed E-state index contributed by atoms with van der Waals surface area (Å²) in [5.74, 6) is 0. The van der Waals surface area contributed by atoms with Gasteiger partial charge in [-0.1, -0.05) is 41.5 Å². The number of hydrogen-bond acceptors (Lipinski definition) is 1. The van der Waals surface area contributed by atoms with E-state index in [1.807, 2.05) is 0 Å². The first-order valence-corrected chi connectivity index (χ1v) is 6.18. The summed E-state index contributed by atoms with van der Waals surface area (Å²) in [5.41, 5.74) is 1.42. The van der Waals surface area contributed by atoms with Crippen LogP contribution in [0.2, 0.25) is 0 Å². The number of nitrogens with one attached hydrogen (secondary N) is 1. The molecule has 0 bridgehead atoms. The first-order chi connectivity index (χ1) is 6.14. The van der Waals surface area contributed by atoms with Gasteiger partial charge in [-0.3, -0.25) is 0 Å². The fourth-order valence-electron chi connectivity index (χ4n) is 1.74. The minimum absolute atomic E-state index is 0.00300. The Morgan fingerprint density at radius 3 is 1.86 bits per heavy atom. The minimum Gasteiger partial charge on any atom is -0.238 e. The maximum atomic E-state index is 11.8. The predicted octanol–water partition coefficient (Wildman–Crippen LogP) is 2.60. The van der Waals surface area contributed by atoms with E-state index >= 15 is 0 Å². The van der Waals surface area contributed by atoms with Crippen molar-refractivity contribution in [3.63, 3.8) is 0 Å². The van der Waals surface area contributed by atoms with Gasteiger partial charge in [-0.15, -0.1) is 0 Å². The monoisotopic (exact) mass is 215 g/mol. The van der Waals surface area contributed by atoms with Gasteiger partial charge in [0.25, 0.3) is 0 Å². The van der Waals surface area contributed by atoms with E-state index in [1.165, 1.54) is 5.57 Å². The average molecular weight is 215 g/mol. The molecule has 1 aliphatic heterocycles. The van der Waals surface area contributed by atoms with E-state index in [9.17, 15) is 4.21 Å². The Morgan fingerprint density at radius 1 is 1.07 bits per heavy atom. The zero-order valence-corrected chi connectivity index (χ0v) is 10.8. The summed E-state index contributed by atoms with van der Waals surface area (Å²) in [7, 11) is -0.977. The highest BCUT2D eigenvalue weighted by Gasteiger charge is 2.35. The van der Waals surface area contributed by atoms with Crippen LogP contribution in [0, 0.1) is 10.8 Å². The molecule has 0 amide bonds. The Bertz CT molecular complexity index is 291. The van der Waals surface area contributed by atoms with E-state index in [0.717, 1.165) is 11.4 Å². The molecule has 82 valence electrons. The quantitative estimate of drug-likeness (QED) is 0.661. The lowest BCUT2D eigenvalue weighted by Gasteiger charge is -2.27. The Kier molecular flexibility index (Phi) is 2.94. The second-order valence-corrected chi connectivity index (χ2v) is 7.13. The van der Waals surface area contributed by atoms with E-state index in [-0.39, 0.29) is 10.8 Å². The molecule has 2 nitrogen and oxygen atoms in total. The highest BCUT2D eigenvalue weighted by atomic mass is 32.2. The standard InChI is InChI=1S/C11H21NOS/c1-10(2,3)8-7-12-14(13)9(8)11(4,5)6/h12H,7H2,1-6H3. The Hall–Kier alpha value is -0.150. The molecule has 1 unspecified atom stereocenters. The first-order valence-electron chi connectivity index (χ1n) is 5.03. The highest BCUT2D eigenvalue weighted by Crippen LogP contribution is 2.40. The molecule has 0 aromatic heterocycles. The molecule has 0 radical (unpaired) electrons. The second-order valence-electron chi connectivity index (χ2n) is 5.90. The SMILES string of the molecule is CC(C)(C)C1=C(C(C)(C)C)S(=O)NC1. The van der Waals surface area contributed by atoms with Crippen LogP contribution in [0.1, 0.15) is 41.5 Å². The van der Waals surface area contributed by atoms with Crippen molar-refractivity contribution < 1.29 is 4.21 Å². The summed E-state index contributed by atoms with van der Waals surface area (Å²) >= 11 is 0. The average Bonchev–Trinajstić information content (AvgIpc) is 2.27. The van der Waals surface area contributed by atoms with Crippen molar-refractivity contribution in [3.8, 4) is 0 Å². The topological polar surface area (TPSA) is 29.1 Å². The largest absolute Gasteiger partial charge is 0.238 e. The summed E-state index contributed by atoms with van der Waals surface area (Å²) in [6, 6.07) is 0. The minimum atomic E-state index is -0.977. The number of rotatable bonds is 0. The summed E-state index contributed by atoms with van der Waals surface area (Å²) in [6.07, 6.45) is 0. The van der Waals surface area contributed by atoms with Crippen LogP contribution in [0.3, 0.4) is 0 Å². The molecule has 1 N–H and O–H groups in total. The van der Waals surface area contributed by atoms with E-state index in [0.29, 0.717) is 0 Å². The van der Waals surface area contributed by atoms with Crippen molar-refractivity contribution in [2.75, 3.05) is 6.54 Å². The summed E-state index contributed by atoms with van der Waals surface area (Å²) in [6.45, 7) is 13.7. The van der Waals surface area contributed by atoms with Gasteiger partial charge in [0.05, 0.1) is 0 Å². The fraction of sp³-hybridized carbons (Fsp3) is 0.818. The van der Waals surface area contributed by atoms with Crippen molar-refractivity contribution in [2.24, 2.45) is 10.8 Å². The third-order valence-corrected chi connectivity index (χ3v) is 4.06. The maximum Gasteiger partial charge on any atom is 0.121 e. The van der Waals surface area contributed by atoms with Crippen LogP contribution >= 0.6 is 0 Å². The maximum absolute atomic E-state index is 11.8. The van der Waals surface area contributed by atoms with Gasteiger partial charge in [0.1, 0.15) is 11.0 Å². The molecule has 0 saturated carbocycles. The molecule has 0 fully saturated rings. The molecule has 1 aliphatic rings. The van der Waals surface area contributed by atoms with Crippen LogP contribution in [0.4, 0.5) is 0 Å².